The van der Waals surface area contributed by atoms with E-state index in [2.05, 4.69) is 25.4 Å². The molecule has 15 heteroatoms. The van der Waals surface area contributed by atoms with E-state index >= 15 is 0 Å². The molecule has 2 bridgehead atoms. The van der Waals surface area contributed by atoms with Crippen molar-refractivity contribution < 1.29 is 28.7 Å². The summed E-state index contributed by atoms with van der Waals surface area (Å²) in [5.41, 5.74) is -2.22. The lowest BCUT2D eigenvalue weighted by Crippen LogP contribution is -2.55. The Kier molecular flexibility index (Phi) is 9.92. The summed E-state index contributed by atoms with van der Waals surface area (Å²) >= 11 is 0. The van der Waals surface area contributed by atoms with Gasteiger partial charge in [-0.15, -0.1) is 0 Å². The van der Waals surface area contributed by atoms with Gasteiger partial charge >= 0.3 is 11.8 Å². The number of aromatic hydroxyl groups is 1. The van der Waals surface area contributed by atoms with Gasteiger partial charge in [-0.2, -0.15) is 0 Å². The third-order valence-corrected chi connectivity index (χ3v) is 10.2. The molecule has 4 heterocycles. The highest BCUT2D eigenvalue weighted by molar-refractivity contribution is 6.34. The zero-order chi connectivity index (χ0) is 35.0. The molecule has 2 aromatic rings. The lowest BCUT2D eigenvalue weighted by Gasteiger charge is -2.46. The first-order chi connectivity index (χ1) is 22.7. The van der Waals surface area contributed by atoms with Gasteiger partial charge in [0.2, 0.25) is 11.7 Å². The van der Waals surface area contributed by atoms with Crippen LogP contribution < -0.4 is 16.2 Å². The summed E-state index contributed by atoms with van der Waals surface area (Å²) in [6.45, 7) is 5.51. The minimum absolute atomic E-state index is 0.0166. The maximum Gasteiger partial charge on any atom is 0.312 e. The van der Waals surface area contributed by atoms with Crippen LogP contribution >= 0.6 is 0 Å². The fourth-order valence-corrected chi connectivity index (χ4v) is 7.00. The molecule has 1 aromatic heterocycles. The summed E-state index contributed by atoms with van der Waals surface area (Å²) < 4.78 is 15.1. The van der Waals surface area contributed by atoms with E-state index in [1.165, 1.54) is 47.6 Å². The van der Waals surface area contributed by atoms with Crippen LogP contribution in [-0.2, 0) is 33.0 Å². The van der Waals surface area contributed by atoms with Gasteiger partial charge in [-0.3, -0.25) is 33.4 Å². The van der Waals surface area contributed by atoms with Crippen molar-refractivity contribution in [3.8, 4) is 5.75 Å². The smallest absolute Gasteiger partial charge is 0.312 e. The molecule has 0 atom stereocenters. The Bertz CT molecular complexity index is 1660. The number of carbonyl (C=O) groups excluding carboxylic acids is 4. The average molecular weight is 669 g/mol. The maximum atomic E-state index is 13.9. The van der Waals surface area contributed by atoms with Gasteiger partial charge in [-0.25, -0.2) is 9.37 Å². The SMILES string of the molecule is Cc1cc(CNC(=O)c2nc3n(c(=O)c2O)CC2(CNC(=O)CN4CCN(C)CC4)CCC3(N(C)C(=O)C(=O)N(C)C)CC2)ccc1F. The van der Waals surface area contributed by atoms with Crippen LogP contribution in [0, 0.1) is 18.2 Å². The summed E-state index contributed by atoms with van der Waals surface area (Å²) in [5, 5.41) is 16.8. The van der Waals surface area contributed by atoms with Crippen LogP contribution in [0.15, 0.2) is 23.0 Å². The van der Waals surface area contributed by atoms with Gasteiger partial charge in [-0.1, -0.05) is 12.1 Å². The summed E-state index contributed by atoms with van der Waals surface area (Å²) in [6.07, 6.45) is 1.56. The number of nitrogens with one attached hydrogen (secondary N) is 2. The van der Waals surface area contributed by atoms with Gasteiger partial charge in [0.15, 0.2) is 5.69 Å². The molecule has 14 nitrogen and oxygen atoms in total. The fraction of sp³-hybridized carbons (Fsp3) is 0.576. The number of hydrogen-bond donors (Lipinski definition) is 3. The Balaban J connectivity index is 1.46. The number of nitrogens with zero attached hydrogens (tertiary/aromatic N) is 6. The minimum Gasteiger partial charge on any atom is -0.501 e. The van der Waals surface area contributed by atoms with E-state index < -0.39 is 45.7 Å². The highest BCUT2D eigenvalue weighted by Gasteiger charge is 2.54. The molecular weight excluding hydrogens is 623 g/mol. The van der Waals surface area contributed by atoms with E-state index in [9.17, 15) is 33.5 Å². The Morgan fingerprint density at radius 3 is 2.29 bits per heavy atom. The maximum absolute atomic E-state index is 13.9. The van der Waals surface area contributed by atoms with Crippen molar-refractivity contribution in [3.63, 3.8) is 0 Å². The molecule has 4 amide bonds. The van der Waals surface area contributed by atoms with Gasteiger partial charge in [0.1, 0.15) is 17.2 Å². The van der Waals surface area contributed by atoms with Crippen molar-refractivity contribution in [1.82, 2.24) is 39.8 Å². The van der Waals surface area contributed by atoms with E-state index in [1.807, 2.05) is 7.05 Å². The quantitative estimate of drug-likeness (QED) is 0.329. The number of benzene rings is 1. The van der Waals surface area contributed by atoms with E-state index in [1.54, 1.807) is 13.0 Å². The standard InChI is InChI=1S/C33H45FN8O6/c1-21-16-22(6-7-23(21)34)17-35-27(45)25-26(44)28(46)42-20-32(19-36-24(43)18-41-14-12-39(4)13-15-41)8-10-33(11-9-32,31(42)37-25)40(5)30(48)29(47)38(2)3/h6-7,16,44H,8-15,17-20H2,1-5H3,(H,35,45)(H,36,43). The number of amides is 4. The average Bonchev–Trinajstić information content (AvgIpc) is 3.30. The molecule has 1 saturated carbocycles. The third kappa shape index (κ3) is 6.79. The Hall–Kier alpha value is -4.37. The molecule has 0 spiro atoms. The highest BCUT2D eigenvalue weighted by Crippen LogP contribution is 2.51. The molecule has 260 valence electrons. The number of carbonyl (C=O) groups is 4. The van der Waals surface area contributed by atoms with Gasteiger partial charge < -0.3 is 30.4 Å². The first kappa shape index (κ1) is 35.0. The third-order valence-electron chi connectivity index (χ3n) is 10.2. The van der Waals surface area contributed by atoms with Crippen molar-refractivity contribution in [1.29, 1.82) is 0 Å². The van der Waals surface area contributed by atoms with Crippen LogP contribution in [0.25, 0.3) is 0 Å². The van der Waals surface area contributed by atoms with Crippen molar-refractivity contribution in [3.05, 3.63) is 57.0 Å². The predicted octanol–water partition coefficient (Wildman–Crippen LogP) is 0.00592. The number of piperazine rings is 1. The largest absolute Gasteiger partial charge is 0.501 e. The Morgan fingerprint density at radius 1 is 1.00 bits per heavy atom. The molecule has 48 heavy (non-hydrogen) atoms. The zero-order valence-electron chi connectivity index (χ0n) is 28.3. The van der Waals surface area contributed by atoms with Gasteiger partial charge in [0.05, 0.1) is 6.54 Å². The molecule has 0 radical (unpaired) electrons. The molecule has 1 aromatic carbocycles. The molecule has 4 aliphatic rings. The van der Waals surface area contributed by atoms with Crippen molar-refractivity contribution in [2.75, 3.05) is 67.5 Å². The van der Waals surface area contributed by atoms with Crippen LogP contribution in [0.2, 0.25) is 0 Å². The van der Waals surface area contributed by atoms with E-state index in [4.69, 9.17) is 0 Å². The first-order valence-electron chi connectivity index (χ1n) is 16.2. The minimum atomic E-state index is -1.25. The number of aromatic nitrogens is 2. The molecule has 1 saturated heterocycles. The van der Waals surface area contributed by atoms with Gasteiger partial charge in [-0.05, 0) is 56.8 Å². The number of likely N-dealkylation sites (N-methyl/N-ethyl adjacent to an activating group) is 3. The monoisotopic (exact) mass is 668 g/mol. The summed E-state index contributed by atoms with van der Waals surface area (Å²) in [7, 11) is 6.47. The Morgan fingerprint density at radius 2 is 1.67 bits per heavy atom. The molecule has 3 aliphatic heterocycles. The second-order valence-corrected chi connectivity index (χ2v) is 13.7. The molecular formula is C33H45FN8O6. The number of hydrogen-bond acceptors (Lipinski definition) is 9. The van der Waals surface area contributed by atoms with Crippen LogP contribution in [0.3, 0.4) is 0 Å². The van der Waals surface area contributed by atoms with Crippen LogP contribution in [0.4, 0.5) is 4.39 Å². The molecule has 6 rings (SSSR count). The second kappa shape index (κ2) is 13.6. The van der Waals surface area contributed by atoms with E-state index in [-0.39, 0.29) is 43.7 Å². The number of aryl methyl sites for hydroxylation is 1. The molecule has 2 fully saturated rings. The predicted molar refractivity (Wildman–Crippen MR) is 173 cm³/mol. The van der Waals surface area contributed by atoms with Crippen LogP contribution in [0.1, 0.15) is 53.1 Å². The first-order valence-corrected chi connectivity index (χ1v) is 16.2. The van der Waals surface area contributed by atoms with Gasteiger partial charge in [0, 0.05) is 72.4 Å². The van der Waals surface area contributed by atoms with Gasteiger partial charge in [0.25, 0.3) is 11.5 Å². The fourth-order valence-electron chi connectivity index (χ4n) is 7.00. The molecule has 0 unspecified atom stereocenters. The normalized spacial score (nSPS) is 22.4. The highest BCUT2D eigenvalue weighted by atomic mass is 19.1. The Labute approximate surface area is 278 Å². The second-order valence-electron chi connectivity index (χ2n) is 13.7. The van der Waals surface area contributed by atoms with Crippen molar-refractivity contribution in [2.45, 2.75) is 51.2 Å². The number of fused-ring (bicyclic) bond motifs is 2. The van der Waals surface area contributed by atoms with Crippen molar-refractivity contribution >= 4 is 23.6 Å². The number of rotatable bonds is 8. The topological polar surface area (TPSA) is 160 Å². The lowest BCUT2D eigenvalue weighted by molar-refractivity contribution is -0.155. The molecule has 3 N–H and O–H groups in total. The van der Waals surface area contributed by atoms with Crippen LogP contribution in [-0.4, -0.2) is 125 Å². The number of halogens is 1. The van der Waals surface area contributed by atoms with Crippen molar-refractivity contribution in [2.24, 2.45) is 5.41 Å². The lowest BCUT2D eigenvalue weighted by atomic mass is 9.67. The van der Waals surface area contributed by atoms with E-state index in [0.29, 0.717) is 36.8 Å². The summed E-state index contributed by atoms with van der Waals surface area (Å²) in [4.78, 5) is 78.0. The summed E-state index contributed by atoms with van der Waals surface area (Å²) in [6, 6.07) is 4.38. The summed E-state index contributed by atoms with van der Waals surface area (Å²) in [5.74, 6) is -3.66. The molecule has 1 aliphatic carbocycles. The van der Waals surface area contributed by atoms with E-state index in [0.717, 1.165) is 26.2 Å². The van der Waals surface area contributed by atoms with Crippen LogP contribution in [0.5, 0.6) is 5.75 Å². The zero-order valence-corrected chi connectivity index (χ0v) is 28.3.